The van der Waals surface area contributed by atoms with Crippen molar-refractivity contribution in [3.63, 3.8) is 0 Å². The Bertz CT molecular complexity index is 316. The zero-order valence-corrected chi connectivity index (χ0v) is 7.44. The van der Waals surface area contributed by atoms with E-state index in [0.29, 0.717) is 5.56 Å². The summed E-state index contributed by atoms with van der Waals surface area (Å²) in [6.45, 7) is 0. The highest BCUT2D eigenvalue weighted by atomic mass is 32.2. The number of carbonyl (C=O) groups excluding carboxylic acids is 1. The molecule has 1 aromatic rings. The van der Waals surface area contributed by atoms with Crippen LogP contribution in [-0.4, -0.2) is 13.1 Å². The zero-order valence-electron chi connectivity index (χ0n) is 6.62. The third kappa shape index (κ3) is 1.03. The third-order valence-corrected chi connectivity index (χ3v) is 2.82. The van der Waals surface area contributed by atoms with Gasteiger partial charge in [0.1, 0.15) is 17.6 Å². The number of thioether (sulfide) groups is 1. The van der Waals surface area contributed by atoms with Crippen LogP contribution in [0.2, 0.25) is 0 Å². The fourth-order valence-corrected chi connectivity index (χ4v) is 2.28. The molecule has 0 N–H and O–H groups in total. The molecule has 0 radical (unpaired) electrons. The van der Waals surface area contributed by atoms with Gasteiger partial charge in [-0.05, 0) is 0 Å². The predicted octanol–water partition coefficient (Wildman–Crippen LogP) is 1.81. The van der Waals surface area contributed by atoms with Crippen LogP contribution in [0, 0.1) is 0 Å². The molecule has 0 saturated carbocycles. The molecular weight excluding hydrogens is 176 g/mol. The van der Waals surface area contributed by atoms with E-state index in [0.717, 1.165) is 22.8 Å². The molecule has 0 spiro atoms. The van der Waals surface area contributed by atoms with Crippen molar-refractivity contribution in [2.75, 3.05) is 7.11 Å². The minimum absolute atomic E-state index is 0.303. The molecule has 0 atom stereocenters. The molecule has 2 heterocycles. The van der Waals surface area contributed by atoms with E-state index in [1.54, 1.807) is 11.8 Å². The first kappa shape index (κ1) is 7.73. The summed E-state index contributed by atoms with van der Waals surface area (Å²) in [5.41, 5.74) is 1.59. The van der Waals surface area contributed by atoms with E-state index >= 15 is 0 Å². The van der Waals surface area contributed by atoms with Crippen molar-refractivity contribution in [1.82, 2.24) is 0 Å². The summed E-state index contributed by atoms with van der Waals surface area (Å²) in [6, 6.07) is 0. The average molecular weight is 184 g/mol. The number of esters is 1. The molecule has 0 fully saturated rings. The van der Waals surface area contributed by atoms with E-state index in [1.165, 1.54) is 13.4 Å². The number of ether oxygens (including phenoxy) is 1. The van der Waals surface area contributed by atoms with Crippen molar-refractivity contribution in [1.29, 1.82) is 0 Å². The van der Waals surface area contributed by atoms with Gasteiger partial charge in [0, 0.05) is 11.3 Å². The van der Waals surface area contributed by atoms with Crippen LogP contribution in [0.3, 0.4) is 0 Å². The molecule has 64 valence electrons. The predicted molar refractivity (Wildman–Crippen MR) is 45.0 cm³/mol. The Morgan fingerprint density at radius 2 is 2.50 bits per heavy atom. The van der Waals surface area contributed by atoms with E-state index in [-0.39, 0.29) is 5.97 Å². The maximum atomic E-state index is 11.1. The van der Waals surface area contributed by atoms with Gasteiger partial charge in [-0.1, -0.05) is 0 Å². The SMILES string of the molecule is COC(=O)c1coc2c1CSC2. The molecule has 0 bridgehead atoms. The largest absolute Gasteiger partial charge is 0.467 e. The second-order valence-electron chi connectivity index (χ2n) is 2.54. The van der Waals surface area contributed by atoms with Crippen molar-refractivity contribution in [3.8, 4) is 0 Å². The summed E-state index contributed by atoms with van der Waals surface area (Å²) in [6.07, 6.45) is 1.48. The lowest BCUT2D eigenvalue weighted by atomic mass is 10.2. The summed E-state index contributed by atoms with van der Waals surface area (Å²) in [4.78, 5) is 11.1. The Kier molecular flexibility index (Phi) is 1.84. The van der Waals surface area contributed by atoms with Gasteiger partial charge in [0.15, 0.2) is 0 Å². The highest BCUT2D eigenvalue weighted by Crippen LogP contribution is 2.33. The number of fused-ring (bicyclic) bond motifs is 1. The molecule has 0 unspecified atom stereocenters. The van der Waals surface area contributed by atoms with Gasteiger partial charge >= 0.3 is 5.97 Å². The number of hydrogen-bond donors (Lipinski definition) is 0. The Morgan fingerprint density at radius 1 is 1.67 bits per heavy atom. The lowest BCUT2D eigenvalue weighted by Crippen LogP contribution is -2.01. The van der Waals surface area contributed by atoms with Crippen molar-refractivity contribution in [3.05, 3.63) is 23.2 Å². The van der Waals surface area contributed by atoms with Crippen LogP contribution in [0.25, 0.3) is 0 Å². The fraction of sp³-hybridized carbons (Fsp3) is 0.375. The van der Waals surface area contributed by atoms with Crippen LogP contribution in [0.15, 0.2) is 10.7 Å². The quantitative estimate of drug-likeness (QED) is 0.624. The number of hydrogen-bond acceptors (Lipinski definition) is 4. The van der Waals surface area contributed by atoms with Gasteiger partial charge < -0.3 is 9.15 Å². The van der Waals surface area contributed by atoms with Gasteiger partial charge in [0.25, 0.3) is 0 Å². The summed E-state index contributed by atoms with van der Waals surface area (Å²) < 4.78 is 9.82. The number of rotatable bonds is 1. The lowest BCUT2D eigenvalue weighted by molar-refractivity contribution is 0.0599. The minimum atomic E-state index is -0.303. The third-order valence-electron chi connectivity index (χ3n) is 1.87. The molecule has 0 amide bonds. The van der Waals surface area contributed by atoms with E-state index in [1.807, 2.05) is 0 Å². The molecule has 2 rings (SSSR count). The topological polar surface area (TPSA) is 39.4 Å². The normalized spacial score (nSPS) is 14.4. The molecule has 0 saturated heterocycles. The maximum absolute atomic E-state index is 11.1. The first-order valence-corrected chi connectivity index (χ1v) is 4.73. The maximum Gasteiger partial charge on any atom is 0.341 e. The minimum Gasteiger partial charge on any atom is -0.467 e. The van der Waals surface area contributed by atoms with Gasteiger partial charge in [-0.2, -0.15) is 0 Å². The summed E-state index contributed by atoms with van der Waals surface area (Å²) in [7, 11) is 1.38. The van der Waals surface area contributed by atoms with Crippen molar-refractivity contribution in [2.24, 2.45) is 0 Å². The van der Waals surface area contributed by atoms with Crippen molar-refractivity contribution in [2.45, 2.75) is 11.5 Å². The highest BCUT2D eigenvalue weighted by Gasteiger charge is 2.23. The van der Waals surface area contributed by atoms with Gasteiger partial charge in [0.05, 0.1) is 12.9 Å². The fourth-order valence-electron chi connectivity index (χ4n) is 1.23. The smallest absolute Gasteiger partial charge is 0.341 e. The van der Waals surface area contributed by atoms with Crippen LogP contribution in [-0.2, 0) is 16.2 Å². The van der Waals surface area contributed by atoms with Crippen LogP contribution < -0.4 is 0 Å². The van der Waals surface area contributed by atoms with Crippen LogP contribution in [0.1, 0.15) is 21.7 Å². The Morgan fingerprint density at radius 3 is 3.25 bits per heavy atom. The summed E-state index contributed by atoms with van der Waals surface area (Å²) in [5.74, 6) is 2.34. The van der Waals surface area contributed by atoms with Gasteiger partial charge in [-0.3, -0.25) is 0 Å². The van der Waals surface area contributed by atoms with Crippen molar-refractivity contribution >= 4 is 17.7 Å². The second kappa shape index (κ2) is 2.86. The molecule has 4 heteroatoms. The molecular formula is C8H8O3S. The van der Waals surface area contributed by atoms with Gasteiger partial charge in [-0.25, -0.2) is 4.79 Å². The Labute approximate surface area is 74.1 Å². The standard InChI is InChI=1S/C8H8O3S/c1-10-8(9)5-2-11-7-4-12-3-6(5)7/h2H,3-4H2,1H3. The Hall–Kier alpha value is -0.900. The first-order chi connectivity index (χ1) is 5.83. The Balaban J connectivity index is 2.39. The van der Waals surface area contributed by atoms with Crippen LogP contribution >= 0.6 is 11.8 Å². The first-order valence-electron chi connectivity index (χ1n) is 3.58. The monoisotopic (exact) mass is 184 g/mol. The molecule has 1 aliphatic rings. The zero-order chi connectivity index (χ0) is 8.55. The van der Waals surface area contributed by atoms with E-state index in [4.69, 9.17) is 4.42 Å². The average Bonchev–Trinajstić information content (AvgIpc) is 2.62. The summed E-state index contributed by atoms with van der Waals surface area (Å²) >= 11 is 1.75. The van der Waals surface area contributed by atoms with E-state index in [9.17, 15) is 4.79 Å². The molecule has 0 aromatic carbocycles. The number of furan rings is 1. The molecule has 3 nitrogen and oxygen atoms in total. The number of methoxy groups -OCH3 is 1. The molecule has 12 heavy (non-hydrogen) atoms. The molecule has 1 aliphatic heterocycles. The lowest BCUT2D eigenvalue weighted by Gasteiger charge is -1.95. The van der Waals surface area contributed by atoms with Gasteiger partial charge in [-0.15, -0.1) is 11.8 Å². The second-order valence-corrected chi connectivity index (χ2v) is 3.52. The summed E-state index contributed by atoms with van der Waals surface area (Å²) in [5, 5.41) is 0. The van der Waals surface area contributed by atoms with Crippen LogP contribution in [0.4, 0.5) is 0 Å². The van der Waals surface area contributed by atoms with E-state index in [2.05, 4.69) is 4.74 Å². The van der Waals surface area contributed by atoms with Crippen molar-refractivity contribution < 1.29 is 13.9 Å². The van der Waals surface area contributed by atoms with Gasteiger partial charge in [0.2, 0.25) is 0 Å². The number of carbonyl (C=O) groups is 1. The highest BCUT2D eigenvalue weighted by molar-refractivity contribution is 7.98. The van der Waals surface area contributed by atoms with E-state index < -0.39 is 0 Å². The van der Waals surface area contributed by atoms with Crippen LogP contribution in [0.5, 0.6) is 0 Å². The molecule has 0 aliphatic carbocycles. The molecule has 1 aromatic heterocycles.